The fourth-order valence-electron chi connectivity index (χ4n) is 3.89. The van der Waals surface area contributed by atoms with Crippen LogP contribution in [0.3, 0.4) is 0 Å². The van der Waals surface area contributed by atoms with E-state index in [1.807, 2.05) is 67.6 Å². The van der Waals surface area contributed by atoms with Crippen LogP contribution in [0.1, 0.15) is 48.6 Å². The van der Waals surface area contributed by atoms with Gasteiger partial charge in [0, 0.05) is 11.8 Å². The van der Waals surface area contributed by atoms with Gasteiger partial charge in [-0.1, -0.05) is 87.5 Å². The van der Waals surface area contributed by atoms with E-state index in [0.717, 1.165) is 28.0 Å². The third-order valence-electron chi connectivity index (χ3n) is 5.63. The fraction of sp³-hybridized carbons (Fsp3) is 0.286. The first-order chi connectivity index (χ1) is 15.2. The van der Waals surface area contributed by atoms with Crippen LogP contribution in [0.4, 0.5) is 0 Å². The zero-order chi connectivity index (χ0) is 23.4. The molecule has 0 saturated heterocycles. The average molecular weight is 430 g/mol. The van der Waals surface area contributed by atoms with Gasteiger partial charge < -0.3 is 9.47 Å². The lowest BCUT2D eigenvalue weighted by Crippen LogP contribution is -2.36. The summed E-state index contributed by atoms with van der Waals surface area (Å²) >= 11 is 0. The van der Waals surface area contributed by atoms with E-state index in [1.54, 1.807) is 13.3 Å². The molecule has 0 heterocycles. The van der Waals surface area contributed by atoms with Crippen molar-refractivity contribution in [2.45, 2.75) is 38.6 Å². The van der Waals surface area contributed by atoms with Gasteiger partial charge in [0.1, 0.15) is 5.75 Å². The maximum atomic E-state index is 13.3. The van der Waals surface area contributed by atoms with Crippen LogP contribution in [0, 0.1) is 6.92 Å². The lowest BCUT2D eigenvalue weighted by atomic mass is 9.83. The molecule has 0 saturated carbocycles. The van der Waals surface area contributed by atoms with E-state index >= 15 is 0 Å². The Kier molecular flexibility index (Phi) is 6.83. The standard InChI is InChI=1S/C28H31NO3/c1-20-17-24(27(2,3)4)18-21(25(20)31-5)19-29-28(26(30)32-6,22-13-9-7-10-14-22)23-15-11-8-12-16-23/h7-19H,1-6H3. The fourth-order valence-corrected chi connectivity index (χ4v) is 3.89. The van der Waals surface area contributed by atoms with Gasteiger partial charge in [0.25, 0.3) is 0 Å². The van der Waals surface area contributed by atoms with Gasteiger partial charge in [0.15, 0.2) is 0 Å². The van der Waals surface area contributed by atoms with E-state index in [4.69, 9.17) is 14.5 Å². The van der Waals surface area contributed by atoms with Gasteiger partial charge >= 0.3 is 5.97 Å². The van der Waals surface area contributed by atoms with Crippen molar-refractivity contribution in [1.29, 1.82) is 0 Å². The minimum atomic E-state index is -1.34. The highest BCUT2D eigenvalue weighted by molar-refractivity contribution is 5.92. The molecule has 0 aliphatic rings. The number of nitrogens with zero attached hydrogens (tertiary/aromatic N) is 1. The lowest BCUT2D eigenvalue weighted by Gasteiger charge is -2.28. The summed E-state index contributed by atoms with van der Waals surface area (Å²) in [5.41, 5.74) is 3.09. The molecule has 0 amide bonds. The van der Waals surface area contributed by atoms with Crippen molar-refractivity contribution in [2.24, 2.45) is 4.99 Å². The molecular weight excluding hydrogens is 398 g/mol. The number of methoxy groups -OCH3 is 2. The van der Waals surface area contributed by atoms with Gasteiger partial charge in [-0.25, -0.2) is 4.79 Å². The lowest BCUT2D eigenvalue weighted by molar-refractivity contribution is -0.145. The van der Waals surface area contributed by atoms with Crippen molar-refractivity contribution in [3.8, 4) is 5.75 Å². The highest BCUT2D eigenvalue weighted by Crippen LogP contribution is 2.36. The maximum Gasteiger partial charge on any atom is 0.343 e. The summed E-state index contributed by atoms with van der Waals surface area (Å²) < 4.78 is 11.0. The molecule has 0 bridgehead atoms. The van der Waals surface area contributed by atoms with Gasteiger partial charge in [0.05, 0.1) is 14.2 Å². The molecule has 0 radical (unpaired) electrons. The number of hydrogen-bond donors (Lipinski definition) is 0. The third-order valence-corrected chi connectivity index (χ3v) is 5.63. The van der Waals surface area contributed by atoms with Crippen LogP contribution in [0.5, 0.6) is 5.75 Å². The Hall–Kier alpha value is -3.40. The summed E-state index contributed by atoms with van der Waals surface area (Å²) in [6.07, 6.45) is 1.73. The molecule has 3 rings (SSSR count). The molecule has 0 atom stereocenters. The molecular formula is C28H31NO3. The second kappa shape index (κ2) is 9.39. The smallest absolute Gasteiger partial charge is 0.343 e. The molecule has 0 N–H and O–H groups in total. The molecule has 0 unspecified atom stereocenters. The molecule has 0 aliphatic heterocycles. The second-order valence-corrected chi connectivity index (χ2v) is 8.86. The van der Waals surface area contributed by atoms with Crippen LogP contribution in [-0.4, -0.2) is 26.4 Å². The van der Waals surface area contributed by atoms with Gasteiger partial charge in [-0.15, -0.1) is 0 Å². The van der Waals surface area contributed by atoms with Gasteiger partial charge in [0.2, 0.25) is 5.54 Å². The normalized spacial score (nSPS) is 12.1. The van der Waals surface area contributed by atoms with Crippen LogP contribution in [0.2, 0.25) is 0 Å². The third kappa shape index (κ3) is 4.45. The zero-order valence-electron chi connectivity index (χ0n) is 19.7. The topological polar surface area (TPSA) is 47.9 Å². The summed E-state index contributed by atoms with van der Waals surface area (Å²) in [5.74, 6) is 0.287. The maximum absolute atomic E-state index is 13.3. The van der Waals surface area contributed by atoms with Crippen molar-refractivity contribution in [3.63, 3.8) is 0 Å². The summed E-state index contributed by atoms with van der Waals surface area (Å²) in [4.78, 5) is 18.3. The summed E-state index contributed by atoms with van der Waals surface area (Å²) in [5, 5.41) is 0. The zero-order valence-corrected chi connectivity index (χ0v) is 19.7. The van der Waals surface area contributed by atoms with Crippen LogP contribution >= 0.6 is 0 Å². The van der Waals surface area contributed by atoms with Crippen molar-refractivity contribution in [2.75, 3.05) is 14.2 Å². The summed E-state index contributed by atoms with van der Waals surface area (Å²) in [6.45, 7) is 8.53. The van der Waals surface area contributed by atoms with E-state index in [1.165, 1.54) is 12.7 Å². The van der Waals surface area contributed by atoms with Crippen LogP contribution in [-0.2, 0) is 20.5 Å². The number of ether oxygens (including phenoxy) is 2. The first-order valence-corrected chi connectivity index (χ1v) is 10.7. The molecule has 166 valence electrons. The Morgan fingerprint density at radius 3 is 1.81 bits per heavy atom. The minimum Gasteiger partial charge on any atom is -0.496 e. The molecule has 0 aromatic heterocycles. The number of hydrogen-bond acceptors (Lipinski definition) is 4. The summed E-state index contributed by atoms with van der Waals surface area (Å²) in [6, 6.07) is 23.2. The van der Waals surface area contributed by atoms with E-state index in [2.05, 4.69) is 32.9 Å². The van der Waals surface area contributed by atoms with E-state index in [9.17, 15) is 4.79 Å². The number of rotatable bonds is 6. The molecule has 4 nitrogen and oxygen atoms in total. The van der Waals surface area contributed by atoms with Gasteiger partial charge in [-0.3, -0.25) is 4.99 Å². The highest BCUT2D eigenvalue weighted by atomic mass is 16.5. The molecule has 3 aromatic carbocycles. The first-order valence-electron chi connectivity index (χ1n) is 10.7. The number of carbonyl (C=O) groups is 1. The first kappa shape index (κ1) is 23.3. The molecule has 32 heavy (non-hydrogen) atoms. The highest BCUT2D eigenvalue weighted by Gasteiger charge is 2.43. The van der Waals surface area contributed by atoms with E-state index in [0.29, 0.717) is 0 Å². The quantitative estimate of drug-likeness (QED) is 0.365. The average Bonchev–Trinajstić information content (AvgIpc) is 2.79. The Morgan fingerprint density at radius 2 is 1.38 bits per heavy atom. The van der Waals surface area contributed by atoms with E-state index in [-0.39, 0.29) is 5.41 Å². The van der Waals surface area contributed by atoms with Crippen molar-refractivity contribution in [3.05, 3.63) is 101 Å². The minimum absolute atomic E-state index is 0.0437. The number of aliphatic imine (C=N–C) groups is 1. The molecule has 4 heteroatoms. The second-order valence-electron chi connectivity index (χ2n) is 8.86. The van der Waals surface area contributed by atoms with Gasteiger partial charge in [-0.2, -0.15) is 0 Å². The Morgan fingerprint density at radius 1 is 0.844 bits per heavy atom. The van der Waals surface area contributed by atoms with Crippen LogP contribution < -0.4 is 4.74 Å². The number of esters is 1. The summed E-state index contributed by atoms with van der Waals surface area (Å²) in [7, 11) is 3.04. The molecule has 0 aliphatic carbocycles. The molecule has 3 aromatic rings. The Labute approximate surface area is 190 Å². The van der Waals surface area contributed by atoms with Gasteiger partial charge in [-0.05, 0) is 40.7 Å². The number of benzene rings is 3. The SMILES string of the molecule is COC(=O)C(N=Cc1cc(C(C)(C)C)cc(C)c1OC)(c1ccccc1)c1ccccc1. The van der Waals surface area contributed by atoms with Crippen LogP contribution in [0.25, 0.3) is 0 Å². The van der Waals surface area contributed by atoms with E-state index < -0.39 is 11.5 Å². The Balaban J connectivity index is 2.29. The number of aryl methyl sites for hydroxylation is 1. The monoisotopic (exact) mass is 429 g/mol. The van der Waals surface area contributed by atoms with Crippen molar-refractivity contribution < 1.29 is 14.3 Å². The number of carbonyl (C=O) groups excluding carboxylic acids is 1. The molecule has 0 fully saturated rings. The van der Waals surface area contributed by atoms with Crippen molar-refractivity contribution >= 4 is 12.2 Å². The molecule has 0 spiro atoms. The van der Waals surface area contributed by atoms with Crippen LogP contribution in [0.15, 0.2) is 77.8 Å². The largest absolute Gasteiger partial charge is 0.496 e. The predicted molar refractivity (Wildman–Crippen MR) is 130 cm³/mol. The predicted octanol–water partition coefficient (Wildman–Crippen LogP) is 5.84. The van der Waals surface area contributed by atoms with Crippen molar-refractivity contribution in [1.82, 2.24) is 0 Å². The Bertz CT molecular complexity index is 1060.